The van der Waals surface area contributed by atoms with Crippen molar-refractivity contribution in [3.8, 4) is 11.3 Å². The van der Waals surface area contributed by atoms with Crippen molar-refractivity contribution >= 4 is 22.4 Å². The Balaban J connectivity index is 1.50. The Kier molecular flexibility index (Phi) is 5.47. The summed E-state index contributed by atoms with van der Waals surface area (Å²) in [6.45, 7) is -1.34. The standard InChI is InChI=1S/C21H15F4N5O2/c22-20(23)21(24,25)11-30-10-13(9-26-30)18(31)27-14-7-5-12(6-8-14)17-15-3-1-2-4-16(15)19(32)29-28-17/h1-10,20H,11H2,(H,27,31)(H,29,32). The van der Waals surface area contributed by atoms with Gasteiger partial charge in [-0.05, 0) is 18.2 Å². The van der Waals surface area contributed by atoms with E-state index in [9.17, 15) is 27.2 Å². The van der Waals surface area contributed by atoms with Crippen LogP contribution < -0.4 is 10.9 Å². The molecule has 0 aliphatic carbocycles. The minimum atomic E-state index is -4.25. The molecule has 4 rings (SSSR count). The van der Waals surface area contributed by atoms with Crippen LogP contribution in [0.3, 0.4) is 0 Å². The highest BCUT2D eigenvalue weighted by Gasteiger charge is 2.41. The third-order valence-electron chi connectivity index (χ3n) is 4.70. The summed E-state index contributed by atoms with van der Waals surface area (Å²) < 4.78 is 51.5. The van der Waals surface area contributed by atoms with Gasteiger partial charge in [0.05, 0.1) is 22.8 Å². The molecule has 0 saturated heterocycles. The predicted molar refractivity (Wildman–Crippen MR) is 109 cm³/mol. The van der Waals surface area contributed by atoms with E-state index < -0.39 is 24.8 Å². The van der Waals surface area contributed by atoms with Gasteiger partial charge < -0.3 is 5.32 Å². The molecule has 0 aliphatic heterocycles. The highest BCUT2D eigenvalue weighted by atomic mass is 19.3. The number of nitrogens with one attached hydrogen (secondary N) is 2. The van der Waals surface area contributed by atoms with Crippen LogP contribution in [0.5, 0.6) is 0 Å². The van der Waals surface area contributed by atoms with Crippen molar-refractivity contribution in [3.63, 3.8) is 0 Å². The number of anilines is 1. The van der Waals surface area contributed by atoms with Gasteiger partial charge in [0.1, 0.15) is 6.54 Å². The van der Waals surface area contributed by atoms with E-state index in [-0.39, 0.29) is 11.1 Å². The maximum Gasteiger partial charge on any atom is 0.326 e. The van der Waals surface area contributed by atoms with Crippen LogP contribution in [0.2, 0.25) is 0 Å². The molecule has 0 saturated carbocycles. The number of halogens is 4. The first-order valence-corrected chi connectivity index (χ1v) is 9.32. The summed E-state index contributed by atoms with van der Waals surface area (Å²) in [7, 11) is 0. The second kappa shape index (κ2) is 8.25. The molecule has 0 fully saturated rings. The Labute approximate surface area is 177 Å². The molecule has 2 aromatic carbocycles. The van der Waals surface area contributed by atoms with E-state index in [0.717, 1.165) is 12.4 Å². The summed E-state index contributed by atoms with van der Waals surface area (Å²) in [5.74, 6) is -4.90. The molecule has 0 bridgehead atoms. The van der Waals surface area contributed by atoms with Gasteiger partial charge in [-0.3, -0.25) is 14.3 Å². The number of H-pyrrole nitrogens is 1. The van der Waals surface area contributed by atoms with Gasteiger partial charge in [0.2, 0.25) is 0 Å². The van der Waals surface area contributed by atoms with Gasteiger partial charge in [0.15, 0.2) is 0 Å². The van der Waals surface area contributed by atoms with Crippen molar-refractivity contribution in [2.24, 2.45) is 0 Å². The Morgan fingerprint density at radius 1 is 1.09 bits per heavy atom. The lowest BCUT2D eigenvalue weighted by Crippen LogP contribution is -2.32. The molecule has 32 heavy (non-hydrogen) atoms. The first-order chi connectivity index (χ1) is 15.2. The number of hydrogen-bond donors (Lipinski definition) is 2. The number of fused-ring (bicyclic) bond motifs is 1. The van der Waals surface area contributed by atoms with Crippen molar-refractivity contribution < 1.29 is 22.4 Å². The number of hydrogen-bond acceptors (Lipinski definition) is 4. The summed E-state index contributed by atoms with van der Waals surface area (Å²) in [6.07, 6.45) is -1.85. The summed E-state index contributed by atoms with van der Waals surface area (Å²) in [5, 5.41) is 13.8. The van der Waals surface area contributed by atoms with Gasteiger partial charge in [-0.2, -0.15) is 19.0 Å². The molecule has 0 unspecified atom stereocenters. The molecule has 1 amide bonds. The van der Waals surface area contributed by atoms with Crippen LogP contribution in [0.25, 0.3) is 22.0 Å². The number of amides is 1. The minimum absolute atomic E-state index is 0.0626. The highest BCUT2D eigenvalue weighted by Crippen LogP contribution is 2.26. The highest BCUT2D eigenvalue weighted by molar-refractivity contribution is 6.04. The number of aromatic nitrogens is 4. The van der Waals surface area contributed by atoms with Crippen LogP contribution in [0.1, 0.15) is 10.4 Å². The van der Waals surface area contributed by atoms with Crippen LogP contribution in [0.4, 0.5) is 23.2 Å². The summed E-state index contributed by atoms with van der Waals surface area (Å²) >= 11 is 0. The topological polar surface area (TPSA) is 92.7 Å². The molecule has 164 valence electrons. The van der Waals surface area contributed by atoms with E-state index in [1.807, 2.05) is 0 Å². The lowest BCUT2D eigenvalue weighted by atomic mass is 10.0. The van der Waals surface area contributed by atoms with Crippen molar-refractivity contribution in [2.75, 3.05) is 5.32 Å². The van der Waals surface area contributed by atoms with Gasteiger partial charge in [-0.15, -0.1) is 0 Å². The molecule has 0 atom stereocenters. The van der Waals surface area contributed by atoms with E-state index in [4.69, 9.17) is 0 Å². The van der Waals surface area contributed by atoms with Crippen LogP contribution in [0.15, 0.2) is 65.7 Å². The van der Waals surface area contributed by atoms with Gasteiger partial charge in [-0.1, -0.05) is 30.3 Å². The zero-order chi connectivity index (χ0) is 22.9. The fraction of sp³-hybridized carbons (Fsp3) is 0.143. The van der Waals surface area contributed by atoms with Gasteiger partial charge in [-0.25, -0.2) is 13.9 Å². The molecule has 11 heteroatoms. The average molecular weight is 445 g/mol. The fourth-order valence-corrected chi connectivity index (χ4v) is 3.10. The van der Waals surface area contributed by atoms with Crippen LogP contribution in [0, 0.1) is 0 Å². The lowest BCUT2D eigenvalue weighted by molar-refractivity contribution is -0.139. The third-order valence-corrected chi connectivity index (χ3v) is 4.70. The monoisotopic (exact) mass is 445 g/mol. The van der Waals surface area contributed by atoms with Crippen molar-refractivity contribution in [1.82, 2.24) is 20.0 Å². The maximum atomic E-state index is 13.2. The van der Waals surface area contributed by atoms with Crippen LogP contribution >= 0.6 is 0 Å². The number of carbonyl (C=O) groups excluding carboxylic acids is 1. The lowest BCUT2D eigenvalue weighted by Gasteiger charge is -2.14. The van der Waals surface area contributed by atoms with E-state index in [0.29, 0.717) is 32.4 Å². The predicted octanol–water partition coefficient (Wildman–Crippen LogP) is 3.94. The molecule has 0 radical (unpaired) electrons. The van der Waals surface area contributed by atoms with E-state index in [1.54, 1.807) is 48.5 Å². The number of carbonyl (C=O) groups is 1. The van der Waals surface area contributed by atoms with Crippen LogP contribution in [-0.2, 0) is 6.54 Å². The second-order valence-corrected chi connectivity index (χ2v) is 6.97. The fourth-order valence-electron chi connectivity index (χ4n) is 3.10. The van der Waals surface area contributed by atoms with E-state index in [1.165, 1.54) is 0 Å². The molecular weight excluding hydrogens is 430 g/mol. The van der Waals surface area contributed by atoms with Crippen LogP contribution in [-0.4, -0.2) is 38.2 Å². The minimum Gasteiger partial charge on any atom is -0.322 e. The van der Waals surface area contributed by atoms with Crippen molar-refractivity contribution in [1.29, 1.82) is 0 Å². The normalized spacial score (nSPS) is 11.8. The molecule has 2 N–H and O–H groups in total. The zero-order valence-corrected chi connectivity index (χ0v) is 16.2. The zero-order valence-electron chi connectivity index (χ0n) is 16.2. The Morgan fingerprint density at radius 2 is 1.78 bits per heavy atom. The summed E-state index contributed by atoms with van der Waals surface area (Å²) in [4.78, 5) is 24.3. The first kappa shape index (κ1) is 21.2. The number of alkyl halides is 4. The number of rotatable bonds is 6. The average Bonchev–Trinajstić information content (AvgIpc) is 3.23. The summed E-state index contributed by atoms with van der Waals surface area (Å²) in [5.41, 5.74) is 1.28. The Hall–Kier alpha value is -4.02. The van der Waals surface area contributed by atoms with Gasteiger partial charge >= 0.3 is 12.3 Å². The quantitative estimate of drug-likeness (QED) is 0.440. The first-order valence-electron chi connectivity index (χ1n) is 9.32. The molecular formula is C21H15F4N5O2. The number of nitrogens with zero attached hydrogens (tertiary/aromatic N) is 3. The smallest absolute Gasteiger partial charge is 0.322 e. The Bertz CT molecular complexity index is 1330. The molecule has 4 aromatic rings. The number of benzene rings is 2. The molecule has 0 aliphatic rings. The van der Waals surface area contributed by atoms with Crippen molar-refractivity contribution in [3.05, 3.63) is 76.8 Å². The maximum absolute atomic E-state index is 13.2. The SMILES string of the molecule is O=C(Nc1ccc(-c2n[nH]c(=O)c3ccccc23)cc1)c1cnn(CC(F)(F)C(F)F)c1. The molecule has 7 nitrogen and oxygen atoms in total. The van der Waals surface area contributed by atoms with Crippen molar-refractivity contribution in [2.45, 2.75) is 18.9 Å². The largest absolute Gasteiger partial charge is 0.326 e. The third kappa shape index (κ3) is 4.22. The van der Waals surface area contributed by atoms with Gasteiger partial charge in [0.25, 0.3) is 11.5 Å². The summed E-state index contributed by atoms with van der Waals surface area (Å²) in [6, 6.07) is 13.6. The molecule has 0 spiro atoms. The molecule has 2 aromatic heterocycles. The number of aromatic amines is 1. The van der Waals surface area contributed by atoms with Gasteiger partial charge in [0, 0.05) is 22.8 Å². The van der Waals surface area contributed by atoms with E-state index >= 15 is 0 Å². The Morgan fingerprint density at radius 3 is 2.47 bits per heavy atom. The van der Waals surface area contributed by atoms with E-state index in [2.05, 4.69) is 20.6 Å². The second-order valence-electron chi connectivity index (χ2n) is 6.97. The molecule has 2 heterocycles.